The van der Waals surface area contributed by atoms with E-state index in [4.69, 9.17) is 0 Å². The molecule has 2 aliphatic heterocycles. The molecule has 2 fully saturated rings. The van der Waals surface area contributed by atoms with Crippen LogP contribution in [0, 0.1) is 17.8 Å². The summed E-state index contributed by atoms with van der Waals surface area (Å²) in [5, 5.41) is 0. The second-order valence-corrected chi connectivity index (χ2v) is 6.67. The van der Waals surface area contributed by atoms with Gasteiger partial charge in [0.25, 0.3) is 0 Å². The first-order valence-electron chi connectivity index (χ1n) is 7.52. The number of piperidine rings is 1. The van der Waals surface area contributed by atoms with Crippen LogP contribution < -0.4 is 0 Å². The minimum atomic E-state index is 0.151. The maximum atomic E-state index is 11.8. The monoisotopic (exact) mass is 252 g/mol. The first-order valence-corrected chi connectivity index (χ1v) is 7.52. The summed E-state index contributed by atoms with van der Waals surface area (Å²) in [6.07, 6.45) is 2.68. The van der Waals surface area contributed by atoms with Crippen molar-refractivity contribution in [2.45, 2.75) is 46.6 Å². The van der Waals surface area contributed by atoms with Crippen LogP contribution in [0.3, 0.4) is 0 Å². The zero-order chi connectivity index (χ0) is 13.3. The van der Waals surface area contributed by atoms with Crippen molar-refractivity contribution in [2.75, 3.05) is 26.2 Å². The van der Waals surface area contributed by atoms with Crippen molar-refractivity contribution in [1.82, 2.24) is 9.80 Å². The minimum Gasteiger partial charge on any atom is -0.339 e. The van der Waals surface area contributed by atoms with Gasteiger partial charge in [-0.05, 0) is 37.8 Å². The van der Waals surface area contributed by atoms with Crippen LogP contribution in [0.5, 0.6) is 0 Å². The lowest BCUT2D eigenvalue weighted by molar-refractivity contribution is -0.142. The van der Waals surface area contributed by atoms with E-state index in [9.17, 15) is 4.79 Å². The molecule has 0 atom stereocenters. The van der Waals surface area contributed by atoms with Crippen molar-refractivity contribution >= 4 is 5.91 Å². The summed E-state index contributed by atoms with van der Waals surface area (Å²) in [6.45, 7) is 13.0. The zero-order valence-electron chi connectivity index (χ0n) is 12.4. The molecule has 0 aromatic rings. The molecule has 0 aromatic carbocycles. The van der Waals surface area contributed by atoms with Crippen LogP contribution in [0.15, 0.2) is 0 Å². The van der Waals surface area contributed by atoms with Gasteiger partial charge in [-0.25, -0.2) is 0 Å². The Bertz CT molecular complexity index is 287. The van der Waals surface area contributed by atoms with Crippen molar-refractivity contribution in [3.05, 3.63) is 0 Å². The molecule has 2 aliphatic rings. The summed E-state index contributed by atoms with van der Waals surface area (Å²) in [6, 6.07) is 0.640. The Morgan fingerprint density at radius 3 is 2.06 bits per heavy atom. The van der Waals surface area contributed by atoms with E-state index in [2.05, 4.69) is 18.7 Å². The first-order chi connectivity index (χ1) is 8.49. The predicted molar refractivity (Wildman–Crippen MR) is 74.3 cm³/mol. The molecular weight excluding hydrogens is 224 g/mol. The topological polar surface area (TPSA) is 23.6 Å². The quantitative estimate of drug-likeness (QED) is 0.769. The van der Waals surface area contributed by atoms with E-state index in [1.807, 2.05) is 18.7 Å². The lowest BCUT2D eigenvalue weighted by atomic mass is 9.85. The summed E-state index contributed by atoms with van der Waals surface area (Å²) < 4.78 is 0. The molecule has 3 nitrogen and oxygen atoms in total. The van der Waals surface area contributed by atoms with Crippen LogP contribution in [0.25, 0.3) is 0 Å². The highest BCUT2D eigenvalue weighted by atomic mass is 16.2. The molecule has 0 unspecified atom stereocenters. The minimum absolute atomic E-state index is 0.151. The fourth-order valence-corrected chi connectivity index (χ4v) is 3.18. The molecule has 0 spiro atoms. The fourth-order valence-electron chi connectivity index (χ4n) is 3.18. The summed E-state index contributed by atoms with van der Waals surface area (Å²) >= 11 is 0. The first kappa shape index (κ1) is 13.9. The Labute approximate surface area is 112 Å². The largest absolute Gasteiger partial charge is 0.339 e. The molecule has 0 N–H and O–H groups in total. The van der Waals surface area contributed by atoms with Gasteiger partial charge in [-0.2, -0.15) is 0 Å². The summed E-state index contributed by atoms with van der Waals surface area (Å²) in [5.41, 5.74) is 0. The van der Waals surface area contributed by atoms with Crippen molar-refractivity contribution in [1.29, 1.82) is 0 Å². The van der Waals surface area contributed by atoms with Crippen molar-refractivity contribution in [2.24, 2.45) is 17.8 Å². The predicted octanol–water partition coefficient (Wildman–Crippen LogP) is 2.22. The second kappa shape index (κ2) is 5.60. The molecule has 0 saturated carbocycles. The van der Waals surface area contributed by atoms with Gasteiger partial charge in [0.1, 0.15) is 0 Å². The maximum absolute atomic E-state index is 11.8. The number of nitrogens with zero attached hydrogens (tertiary/aromatic N) is 2. The Morgan fingerprint density at radius 1 is 1.06 bits per heavy atom. The number of amides is 1. The molecule has 0 bridgehead atoms. The zero-order valence-corrected chi connectivity index (χ0v) is 12.4. The standard InChI is InChI=1S/C15H28N2O/c1-11(2)13-5-7-16(8-6-13)14-9-17(10-14)15(18)12(3)4/h11-14H,5-10H2,1-4H3. The molecule has 18 heavy (non-hydrogen) atoms. The van der Waals surface area contributed by atoms with E-state index in [0.717, 1.165) is 24.9 Å². The number of likely N-dealkylation sites (tertiary alicyclic amines) is 2. The van der Waals surface area contributed by atoms with E-state index < -0.39 is 0 Å². The van der Waals surface area contributed by atoms with Crippen LogP contribution in [0.4, 0.5) is 0 Å². The van der Waals surface area contributed by atoms with Gasteiger partial charge < -0.3 is 4.90 Å². The number of carbonyl (C=O) groups is 1. The van der Waals surface area contributed by atoms with Crippen molar-refractivity contribution in [3.63, 3.8) is 0 Å². The molecule has 3 heteroatoms. The summed E-state index contributed by atoms with van der Waals surface area (Å²) in [5.74, 6) is 2.21. The van der Waals surface area contributed by atoms with Crippen LogP contribution in [-0.4, -0.2) is 47.9 Å². The number of hydrogen-bond donors (Lipinski definition) is 0. The Hall–Kier alpha value is -0.570. The van der Waals surface area contributed by atoms with Crippen LogP contribution in [-0.2, 0) is 4.79 Å². The van der Waals surface area contributed by atoms with Crippen LogP contribution in [0.1, 0.15) is 40.5 Å². The molecule has 0 aromatic heterocycles. The van der Waals surface area contributed by atoms with E-state index in [-0.39, 0.29) is 5.92 Å². The maximum Gasteiger partial charge on any atom is 0.225 e. The van der Waals surface area contributed by atoms with E-state index in [1.165, 1.54) is 25.9 Å². The molecule has 2 rings (SSSR count). The molecule has 1 amide bonds. The molecule has 0 aliphatic carbocycles. The smallest absolute Gasteiger partial charge is 0.225 e. The third-order valence-electron chi connectivity index (χ3n) is 4.70. The number of rotatable bonds is 3. The van der Waals surface area contributed by atoms with Gasteiger partial charge in [-0.1, -0.05) is 27.7 Å². The SMILES string of the molecule is CC(C)C(=O)N1CC(N2CCC(C(C)C)CC2)C1. The third kappa shape index (κ3) is 2.87. The lowest BCUT2D eigenvalue weighted by Crippen LogP contribution is -2.62. The van der Waals surface area contributed by atoms with Gasteiger partial charge in [0.2, 0.25) is 5.91 Å². The van der Waals surface area contributed by atoms with Crippen LogP contribution >= 0.6 is 0 Å². The van der Waals surface area contributed by atoms with Crippen molar-refractivity contribution < 1.29 is 4.79 Å². The van der Waals surface area contributed by atoms with Gasteiger partial charge in [0.15, 0.2) is 0 Å². The van der Waals surface area contributed by atoms with Crippen molar-refractivity contribution in [3.8, 4) is 0 Å². The average Bonchev–Trinajstić information content (AvgIpc) is 2.27. The number of carbonyl (C=O) groups excluding carboxylic acids is 1. The third-order valence-corrected chi connectivity index (χ3v) is 4.70. The van der Waals surface area contributed by atoms with Gasteiger partial charge in [0, 0.05) is 25.0 Å². The Morgan fingerprint density at radius 2 is 1.61 bits per heavy atom. The molecular formula is C15H28N2O. The fraction of sp³-hybridized carbons (Fsp3) is 0.933. The highest BCUT2D eigenvalue weighted by Crippen LogP contribution is 2.27. The van der Waals surface area contributed by atoms with Gasteiger partial charge in [-0.15, -0.1) is 0 Å². The molecule has 104 valence electrons. The Balaban J connectivity index is 1.72. The number of hydrogen-bond acceptors (Lipinski definition) is 2. The molecule has 0 radical (unpaired) electrons. The molecule has 2 heterocycles. The highest BCUT2D eigenvalue weighted by molar-refractivity contribution is 5.79. The van der Waals surface area contributed by atoms with Gasteiger partial charge in [-0.3, -0.25) is 9.69 Å². The lowest BCUT2D eigenvalue weighted by Gasteiger charge is -2.48. The second-order valence-electron chi connectivity index (χ2n) is 6.67. The van der Waals surface area contributed by atoms with E-state index in [1.54, 1.807) is 0 Å². The summed E-state index contributed by atoms with van der Waals surface area (Å²) in [4.78, 5) is 16.4. The normalized spacial score (nSPS) is 23.8. The van der Waals surface area contributed by atoms with E-state index in [0.29, 0.717) is 11.9 Å². The summed E-state index contributed by atoms with van der Waals surface area (Å²) in [7, 11) is 0. The van der Waals surface area contributed by atoms with Crippen LogP contribution in [0.2, 0.25) is 0 Å². The van der Waals surface area contributed by atoms with Gasteiger partial charge in [0.05, 0.1) is 0 Å². The van der Waals surface area contributed by atoms with Gasteiger partial charge >= 0.3 is 0 Å². The highest BCUT2D eigenvalue weighted by Gasteiger charge is 2.36. The Kier molecular flexibility index (Phi) is 4.31. The molecule has 2 saturated heterocycles. The van der Waals surface area contributed by atoms with E-state index >= 15 is 0 Å². The average molecular weight is 252 g/mol.